The van der Waals surface area contributed by atoms with Crippen molar-refractivity contribution in [3.63, 3.8) is 0 Å². The molecule has 0 amide bonds. The third-order valence-corrected chi connectivity index (χ3v) is 5.34. The molecule has 2 N–H and O–H groups in total. The number of H-pyrrole nitrogens is 1. The van der Waals surface area contributed by atoms with Crippen LogP contribution >= 0.6 is 0 Å². The van der Waals surface area contributed by atoms with Gasteiger partial charge in [0.25, 0.3) is 5.56 Å². The quantitative estimate of drug-likeness (QED) is 0.600. The van der Waals surface area contributed by atoms with Crippen LogP contribution in [0.5, 0.6) is 23.0 Å². The normalized spacial score (nSPS) is 14.0. The van der Waals surface area contributed by atoms with E-state index in [0.717, 1.165) is 17.1 Å². The van der Waals surface area contributed by atoms with Crippen LogP contribution in [0.15, 0.2) is 35.1 Å². The molecule has 0 fully saturated rings. The van der Waals surface area contributed by atoms with Crippen molar-refractivity contribution < 1.29 is 18.9 Å². The molecule has 3 aromatic rings. The number of fused-ring (bicyclic) bond motifs is 2. The van der Waals surface area contributed by atoms with Gasteiger partial charge < -0.3 is 29.2 Å². The van der Waals surface area contributed by atoms with Crippen molar-refractivity contribution in [2.75, 3.05) is 27.4 Å². The molecule has 8 heteroatoms. The van der Waals surface area contributed by atoms with Crippen molar-refractivity contribution in [1.29, 1.82) is 0 Å². The number of aromatic amines is 1. The molecule has 1 unspecified atom stereocenters. The lowest BCUT2D eigenvalue weighted by atomic mass is 9.95. The average Bonchev–Trinajstić information content (AvgIpc) is 2.78. The lowest BCUT2D eigenvalue weighted by molar-refractivity contribution is 0.171. The van der Waals surface area contributed by atoms with Crippen LogP contribution in [0.3, 0.4) is 0 Å². The van der Waals surface area contributed by atoms with Crippen molar-refractivity contribution in [3.8, 4) is 23.0 Å². The number of nitrogens with zero attached hydrogens (tertiary/aromatic N) is 1. The van der Waals surface area contributed by atoms with Gasteiger partial charge in [0.05, 0.1) is 31.7 Å². The lowest BCUT2D eigenvalue weighted by Crippen LogP contribution is -2.27. The maximum absolute atomic E-state index is 12.6. The highest BCUT2D eigenvalue weighted by Crippen LogP contribution is 2.34. The maximum Gasteiger partial charge on any atom is 0.258 e. The van der Waals surface area contributed by atoms with E-state index in [0.29, 0.717) is 53.9 Å². The molecule has 0 saturated carbocycles. The van der Waals surface area contributed by atoms with E-state index in [-0.39, 0.29) is 11.6 Å². The fraction of sp³-hybridized carbons (Fsp3) is 0.391. The summed E-state index contributed by atoms with van der Waals surface area (Å²) in [5, 5.41) is 3.97. The van der Waals surface area contributed by atoms with E-state index in [4.69, 9.17) is 18.9 Å². The predicted octanol–water partition coefficient (Wildman–Crippen LogP) is 3.20. The van der Waals surface area contributed by atoms with Crippen LogP contribution in [0.25, 0.3) is 10.9 Å². The van der Waals surface area contributed by atoms with Gasteiger partial charge in [-0.05, 0) is 29.7 Å². The number of aromatic nitrogens is 2. The summed E-state index contributed by atoms with van der Waals surface area (Å²) in [6.07, 6.45) is 0. The third kappa shape index (κ3) is 4.29. The number of ether oxygens (including phenoxy) is 4. The highest BCUT2D eigenvalue weighted by molar-refractivity contribution is 5.81. The van der Waals surface area contributed by atoms with E-state index in [9.17, 15) is 4.79 Å². The minimum absolute atomic E-state index is 0.0437. The number of nitrogens with one attached hydrogen (secondary N) is 2. The van der Waals surface area contributed by atoms with E-state index in [2.05, 4.69) is 29.1 Å². The van der Waals surface area contributed by atoms with Crippen LogP contribution in [0, 0.1) is 5.92 Å². The second-order valence-corrected chi connectivity index (χ2v) is 7.74. The Hall–Kier alpha value is -3.26. The van der Waals surface area contributed by atoms with Crippen LogP contribution in [-0.2, 0) is 6.54 Å². The van der Waals surface area contributed by atoms with E-state index >= 15 is 0 Å². The van der Waals surface area contributed by atoms with Crippen molar-refractivity contribution >= 4 is 10.9 Å². The number of methoxy groups -OCH3 is 2. The molecular weight excluding hydrogens is 398 g/mol. The monoisotopic (exact) mass is 425 g/mol. The standard InChI is InChI=1S/C23H27N3O5/c1-13(2)22(14-5-6-17-20(9-14)31-8-7-30-17)24-12-21-25-16-11-19(29-4)18(28-3)10-15(16)23(27)26-21/h5-6,9-11,13,22,24H,7-8,12H2,1-4H3,(H,25,26,27). The fourth-order valence-corrected chi connectivity index (χ4v) is 3.80. The number of rotatable bonds is 7. The Morgan fingerprint density at radius 3 is 2.48 bits per heavy atom. The molecule has 4 rings (SSSR count). The molecule has 1 aliphatic rings. The lowest BCUT2D eigenvalue weighted by Gasteiger charge is -2.25. The summed E-state index contributed by atoms with van der Waals surface area (Å²) in [7, 11) is 3.09. The van der Waals surface area contributed by atoms with Gasteiger partial charge >= 0.3 is 0 Å². The molecule has 31 heavy (non-hydrogen) atoms. The molecule has 164 valence electrons. The van der Waals surface area contributed by atoms with E-state index in [1.807, 2.05) is 18.2 Å². The van der Waals surface area contributed by atoms with Crippen molar-refractivity contribution in [2.24, 2.45) is 5.92 Å². The van der Waals surface area contributed by atoms with Gasteiger partial charge in [0.2, 0.25) is 0 Å². The largest absolute Gasteiger partial charge is 0.493 e. The van der Waals surface area contributed by atoms with Gasteiger partial charge in [-0.25, -0.2) is 4.98 Å². The van der Waals surface area contributed by atoms with Gasteiger partial charge in [0.15, 0.2) is 23.0 Å². The van der Waals surface area contributed by atoms with E-state index < -0.39 is 0 Å². The topological polar surface area (TPSA) is 94.7 Å². The number of benzene rings is 2. The molecule has 1 atom stereocenters. The van der Waals surface area contributed by atoms with Gasteiger partial charge in [0.1, 0.15) is 19.0 Å². The van der Waals surface area contributed by atoms with Gasteiger partial charge in [-0.15, -0.1) is 0 Å². The molecule has 1 aliphatic heterocycles. The van der Waals surface area contributed by atoms with Crippen LogP contribution in [-0.4, -0.2) is 37.4 Å². The Morgan fingerprint density at radius 2 is 1.77 bits per heavy atom. The minimum Gasteiger partial charge on any atom is -0.493 e. The molecule has 0 radical (unpaired) electrons. The van der Waals surface area contributed by atoms with Gasteiger partial charge in [-0.2, -0.15) is 0 Å². The highest BCUT2D eigenvalue weighted by atomic mass is 16.6. The summed E-state index contributed by atoms with van der Waals surface area (Å²) >= 11 is 0. The van der Waals surface area contributed by atoms with E-state index in [1.165, 1.54) is 7.11 Å². The predicted molar refractivity (Wildman–Crippen MR) is 117 cm³/mol. The summed E-state index contributed by atoms with van der Waals surface area (Å²) in [5.41, 5.74) is 1.43. The zero-order valence-corrected chi connectivity index (χ0v) is 18.2. The summed E-state index contributed by atoms with van der Waals surface area (Å²) < 4.78 is 22.0. The molecule has 0 saturated heterocycles. The first kappa shape index (κ1) is 21.0. The zero-order chi connectivity index (χ0) is 22.0. The molecule has 1 aromatic heterocycles. The third-order valence-electron chi connectivity index (χ3n) is 5.34. The first-order valence-corrected chi connectivity index (χ1v) is 10.3. The van der Waals surface area contributed by atoms with Crippen LogP contribution in [0.2, 0.25) is 0 Å². The molecule has 2 heterocycles. The van der Waals surface area contributed by atoms with E-state index in [1.54, 1.807) is 19.2 Å². The molecule has 2 aromatic carbocycles. The van der Waals surface area contributed by atoms with Gasteiger partial charge in [0, 0.05) is 12.1 Å². The van der Waals surface area contributed by atoms with Crippen LogP contribution in [0.4, 0.5) is 0 Å². The van der Waals surface area contributed by atoms with Crippen molar-refractivity contribution in [3.05, 3.63) is 52.1 Å². The first-order valence-electron chi connectivity index (χ1n) is 10.3. The Morgan fingerprint density at radius 1 is 1.06 bits per heavy atom. The van der Waals surface area contributed by atoms with Crippen LogP contribution < -0.4 is 29.8 Å². The minimum atomic E-state index is -0.219. The average molecular weight is 425 g/mol. The SMILES string of the molecule is COc1cc2nc(CNC(c3ccc4c(c3)OCCO4)C(C)C)[nH]c(=O)c2cc1OC. The molecule has 8 nitrogen and oxygen atoms in total. The summed E-state index contributed by atoms with van der Waals surface area (Å²) in [4.78, 5) is 20.1. The summed E-state index contributed by atoms with van der Waals surface area (Å²) in [6, 6.07) is 9.40. The second-order valence-electron chi connectivity index (χ2n) is 7.74. The fourth-order valence-electron chi connectivity index (χ4n) is 3.80. The molecule has 0 bridgehead atoms. The second kappa shape index (κ2) is 8.85. The summed E-state index contributed by atoms with van der Waals surface area (Å²) in [5.74, 6) is 3.40. The highest BCUT2D eigenvalue weighted by Gasteiger charge is 2.20. The zero-order valence-electron chi connectivity index (χ0n) is 18.2. The Balaban J connectivity index is 1.59. The number of hydrogen-bond donors (Lipinski definition) is 2. The smallest absolute Gasteiger partial charge is 0.258 e. The summed E-state index contributed by atoms with van der Waals surface area (Å²) in [6.45, 7) is 5.80. The Bertz CT molecular complexity index is 1140. The maximum atomic E-state index is 12.6. The Labute approximate surface area is 180 Å². The van der Waals surface area contributed by atoms with Gasteiger partial charge in [-0.3, -0.25) is 4.79 Å². The molecular formula is C23H27N3O5. The number of hydrogen-bond acceptors (Lipinski definition) is 7. The van der Waals surface area contributed by atoms with Gasteiger partial charge in [-0.1, -0.05) is 19.9 Å². The van der Waals surface area contributed by atoms with Crippen LogP contribution in [0.1, 0.15) is 31.3 Å². The van der Waals surface area contributed by atoms with Crippen molar-refractivity contribution in [2.45, 2.75) is 26.4 Å². The first-order chi connectivity index (χ1) is 15.0. The van der Waals surface area contributed by atoms with Crippen molar-refractivity contribution in [1.82, 2.24) is 15.3 Å². The molecule has 0 aliphatic carbocycles. The molecule has 0 spiro atoms. The Kier molecular flexibility index (Phi) is 5.99.